The van der Waals surface area contributed by atoms with E-state index in [-0.39, 0.29) is 30.7 Å². The molecule has 6 heteroatoms. The third-order valence-corrected chi connectivity index (χ3v) is 7.00. The number of carbonyl (C=O) groups is 1. The topological polar surface area (TPSA) is 80.5 Å². The van der Waals surface area contributed by atoms with Gasteiger partial charge < -0.3 is 10.6 Å². The van der Waals surface area contributed by atoms with Crippen LogP contribution in [0.3, 0.4) is 0 Å². The highest BCUT2D eigenvalue weighted by Crippen LogP contribution is 2.27. The van der Waals surface area contributed by atoms with E-state index in [1.54, 1.807) is 25.7 Å². The van der Waals surface area contributed by atoms with E-state index in [0.717, 1.165) is 5.56 Å². The van der Waals surface area contributed by atoms with Gasteiger partial charge in [0.25, 0.3) is 0 Å². The summed E-state index contributed by atoms with van der Waals surface area (Å²) >= 11 is 0. The van der Waals surface area contributed by atoms with Crippen molar-refractivity contribution in [1.29, 1.82) is 0 Å². The zero-order chi connectivity index (χ0) is 16.5. The Balaban J connectivity index is 2.12. The van der Waals surface area contributed by atoms with Gasteiger partial charge in [-0.1, -0.05) is 37.3 Å². The fourth-order valence-corrected chi connectivity index (χ4v) is 4.10. The molecule has 0 radical (unpaired) electrons. The maximum absolute atomic E-state index is 12.7. The largest absolute Gasteiger partial charge is 0.340 e. The number of benzene rings is 1. The van der Waals surface area contributed by atoms with Crippen molar-refractivity contribution in [1.82, 2.24) is 4.90 Å². The fraction of sp³-hybridized carbons (Fsp3) is 0.562. The molecule has 1 aromatic carbocycles. The lowest BCUT2D eigenvalue weighted by Crippen LogP contribution is -2.56. The Morgan fingerprint density at radius 2 is 1.86 bits per heavy atom. The van der Waals surface area contributed by atoms with E-state index >= 15 is 0 Å². The van der Waals surface area contributed by atoms with E-state index in [9.17, 15) is 13.2 Å². The maximum Gasteiger partial charge on any atom is 0.227 e. The van der Waals surface area contributed by atoms with Gasteiger partial charge in [-0.2, -0.15) is 0 Å². The molecule has 5 nitrogen and oxygen atoms in total. The van der Waals surface area contributed by atoms with E-state index in [0.29, 0.717) is 0 Å². The van der Waals surface area contributed by atoms with Gasteiger partial charge in [0, 0.05) is 19.1 Å². The minimum Gasteiger partial charge on any atom is -0.340 e. The Hall–Kier alpha value is -1.40. The van der Waals surface area contributed by atoms with Crippen molar-refractivity contribution in [3.05, 3.63) is 35.9 Å². The van der Waals surface area contributed by atoms with Gasteiger partial charge in [0.15, 0.2) is 9.84 Å². The van der Waals surface area contributed by atoms with Crippen LogP contribution < -0.4 is 5.73 Å². The van der Waals surface area contributed by atoms with Crippen molar-refractivity contribution in [3.8, 4) is 0 Å². The molecular formula is C16H24N2O3S. The first-order valence-electron chi connectivity index (χ1n) is 7.47. The molecule has 1 heterocycles. The van der Waals surface area contributed by atoms with Gasteiger partial charge in [0.05, 0.1) is 16.4 Å². The highest BCUT2D eigenvalue weighted by molar-refractivity contribution is 7.92. The number of sulfone groups is 1. The van der Waals surface area contributed by atoms with Gasteiger partial charge in [0.2, 0.25) is 5.91 Å². The molecule has 1 fully saturated rings. The molecule has 1 aliphatic rings. The van der Waals surface area contributed by atoms with Gasteiger partial charge in [0.1, 0.15) is 0 Å². The number of hydrogen-bond acceptors (Lipinski definition) is 4. The molecular weight excluding hydrogens is 300 g/mol. The fourth-order valence-electron chi connectivity index (χ4n) is 2.74. The van der Waals surface area contributed by atoms with Crippen LogP contribution in [0, 0.1) is 5.92 Å². The molecule has 2 N–H and O–H groups in total. The Morgan fingerprint density at radius 1 is 1.27 bits per heavy atom. The van der Waals surface area contributed by atoms with Crippen molar-refractivity contribution >= 4 is 15.7 Å². The molecule has 1 aromatic rings. The molecule has 122 valence electrons. The SMILES string of the molecule is CC(C(=O)N1CCS(=O)(=O)C(C)(C)C1)C(N)c1ccccc1. The molecule has 0 bridgehead atoms. The van der Waals surface area contributed by atoms with E-state index < -0.39 is 20.6 Å². The monoisotopic (exact) mass is 324 g/mol. The summed E-state index contributed by atoms with van der Waals surface area (Å²) < 4.78 is 23.2. The van der Waals surface area contributed by atoms with Crippen LogP contribution in [-0.4, -0.2) is 42.8 Å². The van der Waals surface area contributed by atoms with Gasteiger partial charge >= 0.3 is 0 Å². The second kappa shape index (κ2) is 6.01. The first-order chi connectivity index (χ1) is 10.2. The van der Waals surface area contributed by atoms with E-state index in [1.165, 1.54) is 0 Å². The minimum atomic E-state index is -3.15. The van der Waals surface area contributed by atoms with Crippen LogP contribution in [0.25, 0.3) is 0 Å². The molecule has 0 saturated carbocycles. The molecule has 1 amide bonds. The summed E-state index contributed by atoms with van der Waals surface area (Å²) in [6.45, 7) is 5.61. The summed E-state index contributed by atoms with van der Waals surface area (Å²) in [4.78, 5) is 14.3. The summed E-state index contributed by atoms with van der Waals surface area (Å²) in [7, 11) is -3.15. The average molecular weight is 324 g/mol. The molecule has 0 aromatic heterocycles. The standard InChI is InChI=1S/C16H24N2O3S/c1-12(14(17)13-7-5-4-6-8-13)15(19)18-9-10-22(20,21)16(2,3)11-18/h4-8,12,14H,9-11,17H2,1-3H3. The second-order valence-electron chi connectivity index (χ2n) is 6.56. The molecule has 2 atom stereocenters. The maximum atomic E-state index is 12.7. The molecule has 1 saturated heterocycles. The van der Waals surface area contributed by atoms with E-state index in [1.807, 2.05) is 30.3 Å². The van der Waals surface area contributed by atoms with Crippen LogP contribution in [0.4, 0.5) is 0 Å². The number of nitrogens with two attached hydrogens (primary N) is 1. The Labute approximate surface area is 132 Å². The lowest BCUT2D eigenvalue weighted by molar-refractivity contribution is -0.136. The first kappa shape index (κ1) is 17.0. The number of carbonyl (C=O) groups excluding carboxylic acids is 1. The third-order valence-electron chi connectivity index (χ3n) is 4.47. The lowest BCUT2D eigenvalue weighted by Gasteiger charge is -2.39. The molecule has 1 aliphatic heterocycles. The quantitative estimate of drug-likeness (QED) is 0.910. The summed E-state index contributed by atoms with van der Waals surface area (Å²) in [6, 6.07) is 9.10. The normalized spacial score (nSPS) is 22.8. The van der Waals surface area contributed by atoms with Crippen molar-refractivity contribution in [2.24, 2.45) is 11.7 Å². The molecule has 0 spiro atoms. The minimum absolute atomic E-state index is 0.0129. The number of hydrogen-bond donors (Lipinski definition) is 1. The highest BCUT2D eigenvalue weighted by atomic mass is 32.2. The Bertz CT molecular complexity index is 641. The third kappa shape index (κ3) is 3.17. The van der Waals surface area contributed by atoms with Crippen LogP contribution in [-0.2, 0) is 14.6 Å². The zero-order valence-electron chi connectivity index (χ0n) is 13.3. The summed E-state index contributed by atoms with van der Waals surface area (Å²) in [5, 5.41) is 0. The van der Waals surface area contributed by atoms with Crippen molar-refractivity contribution in [3.63, 3.8) is 0 Å². The summed E-state index contributed by atoms with van der Waals surface area (Å²) in [5.41, 5.74) is 7.11. The summed E-state index contributed by atoms with van der Waals surface area (Å²) in [6.07, 6.45) is 0. The predicted molar refractivity (Wildman–Crippen MR) is 87.0 cm³/mol. The van der Waals surface area contributed by atoms with Crippen molar-refractivity contribution in [2.75, 3.05) is 18.8 Å². The van der Waals surface area contributed by atoms with Crippen LogP contribution in [0.2, 0.25) is 0 Å². The van der Waals surface area contributed by atoms with Crippen LogP contribution in [0.1, 0.15) is 32.4 Å². The molecule has 0 aliphatic carbocycles. The van der Waals surface area contributed by atoms with E-state index in [4.69, 9.17) is 5.73 Å². The number of rotatable bonds is 3. The highest BCUT2D eigenvalue weighted by Gasteiger charge is 2.42. The van der Waals surface area contributed by atoms with Crippen LogP contribution >= 0.6 is 0 Å². The van der Waals surface area contributed by atoms with Crippen molar-refractivity contribution in [2.45, 2.75) is 31.6 Å². The smallest absolute Gasteiger partial charge is 0.227 e. The predicted octanol–water partition coefficient (Wildman–Crippen LogP) is 1.36. The first-order valence-corrected chi connectivity index (χ1v) is 9.12. The molecule has 2 rings (SSSR count). The van der Waals surface area contributed by atoms with Gasteiger partial charge in [-0.05, 0) is 19.4 Å². The second-order valence-corrected chi connectivity index (χ2v) is 9.31. The van der Waals surface area contributed by atoms with Crippen molar-refractivity contribution < 1.29 is 13.2 Å². The number of amides is 1. The van der Waals surface area contributed by atoms with Crippen LogP contribution in [0.5, 0.6) is 0 Å². The summed E-state index contributed by atoms with van der Waals surface area (Å²) in [5.74, 6) is -0.461. The molecule has 22 heavy (non-hydrogen) atoms. The Morgan fingerprint density at radius 3 is 2.41 bits per heavy atom. The zero-order valence-corrected chi connectivity index (χ0v) is 14.1. The van der Waals surface area contributed by atoms with Gasteiger partial charge in [-0.15, -0.1) is 0 Å². The number of nitrogens with zero attached hydrogens (tertiary/aromatic N) is 1. The Kier molecular flexibility index (Phi) is 4.63. The lowest BCUT2D eigenvalue weighted by atomic mass is 9.94. The van der Waals surface area contributed by atoms with Crippen LogP contribution in [0.15, 0.2) is 30.3 Å². The van der Waals surface area contributed by atoms with E-state index in [2.05, 4.69) is 0 Å². The van der Waals surface area contributed by atoms with Gasteiger partial charge in [-0.3, -0.25) is 4.79 Å². The average Bonchev–Trinajstić information content (AvgIpc) is 2.48. The molecule has 2 unspecified atom stereocenters. The van der Waals surface area contributed by atoms with Gasteiger partial charge in [-0.25, -0.2) is 8.42 Å².